The normalized spacial score (nSPS) is 26.4. The Hall–Kier alpha value is -1.14. The molecule has 0 unspecified atom stereocenters. The first-order valence-electron chi connectivity index (χ1n) is 6.43. The van der Waals surface area contributed by atoms with Crippen LogP contribution in [0.2, 0.25) is 0 Å². The third kappa shape index (κ3) is 3.70. The Balaban J connectivity index is 1.92. The van der Waals surface area contributed by atoms with Gasteiger partial charge in [-0.3, -0.25) is 4.79 Å². The van der Waals surface area contributed by atoms with E-state index < -0.39 is 29.1 Å². The molecule has 1 aliphatic rings. The number of hydrogen-bond donors (Lipinski definition) is 2. The molecule has 0 aromatic heterocycles. The van der Waals surface area contributed by atoms with E-state index in [9.17, 15) is 18.7 Å². The summed E-state index contributed by atoms with van der Waals surface area (Å²) in [4.78, 5) is 11.1. The summed E-state index contributed by atoms with van der Waals surface area (Å²) in [6.45, 7) is 0. The van der Waals surface area contributed by atoms with Gasteiger partial charge >= 0.3 is 5.97 Å². The van der Waals surface area contributed by atoms with Crippen LogP contribution in [0.15, 0.2) is 23.1 Å². The van der Waals surface area contributed by atoms with E-state index in [1.165, 1.54) is 12.1 Å². The van der Waals surface area contributed by atoms with Crippen molar-refractivity contribution in [3.63, 3.8) is 0 Å². The first kappa shape index (κ1) is 15.3. The Morgan fingerprint density at radius 3 is 2.55 bits per heavy atom. The predicted octanol–water partition coefficient (Wildman–Crippen LogP) is 3.06. The van der Waals surface area contributed by atoms with Gasteiger partial charge in [-0.05, 0) is 37.8 Å². The minimum atomic E-state index is -0.975. The zero-order valence-corrected chi connectivity index (χ0v) is 11.6. The van der Waals surface area contributed by atoms with Crippen LogP contribution in [0.3, 0.4) is 0 Å². The molecule has 20 heavy (non-hydrogen) atoms. The second-order valence-corrected chi connectivity index (χ2v) is 6.22. The molecule has 0 atom stereocenters. The smallest absolute Gasteiger partial charge is 0.306 e. The summed E-state index contributed by atoms with van der Waals surface area (Å²) < 4.78 is 26.3. The fourth-order valence-corrected chi connectivity index (χ4v) is 3.42. The van der Waals surface area contributed by atoms with E-state index in [1.807, 2.05) is 0 Å². The highest BCUT2D eigenvalue weighted by atomic mass is 32.2. The molecule has 1 aromatic rings. The van der Waals surface area contributed by atoms with Crippen LogP contribution in [-0.2, 0) is 4.79 Å². The summed E-state index contributed by atoms with van der Waals surface area (Å²) in [5.41, 5.74) is -0.975. The Bertz CT molecular complexity index is 499. The topological polar surface area (TPSA) is 57.5 Å². The zero-order valence-electron chi connectivity index (χ0n) is 10.8. The van der Waals surface area contributed by atoms with E-state index in [0.29, 0.717) is 30.6 Å². The van der Waals surface area contributed by atoms with Gasteiger partial charge in [-0.2, -0.15) is 0 Å². The number of aliphatic carboxylic acids is 1. The number of rotatable bonds is 4. The Kier molecular flexibility index (Phi) is 4.65. The molecule has 0 heterocycles. The SMILES string of the molecule is O=C(O)C1CCC(O)(CSc2ccc(F)cc2F)CC1. The number of halogens is 2. The molecule has 2 rings (SSSR count). The fraction of sp³-hybridized carbons (Fsp3) is 0.500. The first-order valence-corrected chi connectivity index (χ1v) is 7.41. The number of carbonyl (C=O) groups is 1. The van der Waals surface area contributed by atoms with Gasteiger partial charge in [0.2, 0.25) is 0 Å². The second-order valence-electron chi connectivity index (χ2n) is 5.20. The molecule has 1 saturated carbocycles. The predicted molar refractivity (Wildman–Crippen MR) is 71.6 cm³/mol. The molecule has 1 fully saturated rings. The van der Waals surface area contributed by atoms with Gasteiger partial charge in [0.25, 0.3) is 0 Å². The number of benzene rings is 1. The highest BCUT2D eigenvalue weighted by Crippen LogP contribution is 2.36. The molecule has 3 nitrogen and oxygen atoms in total. The molecule has 2 N–H and O–H groups in total. The van der Waals surface area contributed by atoms with Gasteiger partial charge in [-0.15, -0.1) is 11.8 Å². The Morgan fingerprint density at radius 2 is 2.00 bits per heavy atom. The molecular formula is C14H16F2O3S. The van der Waals surface area contributed by atoms with Crippen molar-refractivity contribution in [3.05, 3.63) is 29.8 Å². The molecule has 110 valence electrons. The van der Waals surface area contributed by atoms with Crippen LogP contribution < -0.4 is 0 Å². The molecule has 0 saturated heterocycles. The summed E-state index contributed by atoms with van der Waals surface area (Å²) in [5.74, 6) is -2.22. The van der Waals surface area contributed by atoms with Crippen molar-refractivity contribution in [2.75, 3.05) is 5.75 Å². The van der Waals surface area contributed by atoms with Crippen molar-refractivity contribution in [3.8, 4) is 0 Å². The van der Waals surface area contributed by atoms with Gasteiger partial charge in [-0.1, -0.05) is 0 Å². The lowest BCUT2D eigenvalue weighted by molar-refractivity contribution is -0.144. The monoisotopic (exact) mass is 302 g/mol. The van der Waals surface area contributed by atoms with Crippen molar-refractivity contribution >= 4 is 17.7 Å². The van der Waals surface area contributed by atoms with Crippen molar-refractivity contribution in [1.82, 2.24) is 0 Å². The maximum absolute atomic E-state index is 13.5. The molecule has 1 aromatic carbocycles. The molecule has 0 amide bonds. The minimum absolute atomic E-state index is 0.280. The van der Waals surface area contributed by atoms with Gasteiger partial charge in [0.05, 0.1) is 11.5 Å². The fourth-order valence-electron chi connectivity index (χ4n) is 2.35. The van der Waals surface area contributed by atoms with Crippen LogP contribution in [0.25, 0.3) is 0 Å². The van der Waals surface area contributed by atoms with E-state index in [-0.39, 0.29) is 5.75 Å². The van der Waals surface area contributed by atoms with Crippen LogP contribution in [0.1, 0.15) is 25.7 Å². The molecule has 0 bridgehead atoms. The molecule has 6 heteroatoms. The van der Waals surface area contributed by atoms with Crippen LogP contribution in [-0.4, -0.2) is 27.5 Å². The third-order valence-electron chi connectivity index (χ3n) is 3.66. The maximum atomic E-state index is 13.5. The Morgan fingerprint density at radius 1 is 1.35 bits per heavy atom. The lowest BCUT2D eigenvalue weighted by Gasteiger charge is -2.34. The zero-order chi connectivity index (χ0) is 14.8. The number of hydrogen-bond acceptors (Lipinski definition) is 3. The standard InChI is InChI=1S/C14H16F2O3S/c15-10-1-2-12(11(16)7-10)20-8-14(19)5-3-9(4-6-14)13(17)18/h1-2,7,9,19H,3-6,8H2,(H,17,18). The second kappa shape index (κ2) is 6.10. The van der Waals surface area contributed by atoms with Crippen molar-refractivity contribution < 1.29 is 23.8 Å². The molecule has 0 radical (unpaired) electrons. The lowest BCUT2D eigenvalue weighted by atomic mass is 9.80. The average molecular weight is 302 g/mol. The highest BCUT2D eigenvalue weighted by molar-refractivity contribution is 7.99. The summed E-state index contributed by atoms with van der Waals surface area (Å²) in [6.07, 6.45) is 1.64. The number of carboxylic acids is 1. The highest BCUT2D eigenvalue weighted by Gasteiger charge is 2.35. The molecule has 1 aliphatic carbocycles. The lowest BCUT2D eigenvalue weighted by Crippen LogP contribution is -2.38. The molecule has 0 aliphatic heterocycles. The van der Waals surface area contributed by atoms with Crippen LogP contribution >= 0.6 is 11.8 Å². The van der Waals surface area contributed by atoms with E-state index in [0.717, 1.165) is 17.8 Å². The van der Waals surface area contributed by atoms with E-state index in [4.69, 9.17) is 5.11 Å². The van der Waals surface area contributed by atoms with E-state index in [1.54, 1.807) is 0 Å². The Labute approximate surface area is 120 Å². The number of aliphatic hydroxyl groups is 1. The third-order valence-corrected chi connectivity index (χ3v) is 4.98. The van der Waals surface area contributed by atoms with Crippen molar-refractivity contribution in [2.24, 2.45) is 5.92 Å². The van der Waals surface area contributed by atoms with Crippen LogP contribution in [0.4, 0.5) is 8.78 Å². The van der Waals surface area contributed by atoms with Gasteiger partial charge in [-0.25, -0.2) is 8.78 Å². The van der Waals surface area contributed by atoms with Gasteiger partial charge in [0.15, 0.2) is 0 Å². The van der Waals surface area contributed by atoms with Gasteiger partial charge in [0, 0.05) is 16.7 Å². The largest absolute Gasteiger partial charge is 0.481 e. The van der Waals surface area contributed by atoms with E-state index >= 15 is 0 Å². The summed E-state index contributed by atoms with van der Waals surface area (Å²) >= 11 is 1.13. The molecular weight excluding hydrogens is 286 g/mol. The van der Waals surface area contributed by atoms with Crippen LogP contribution in [0, 0.1) is 17.6 Å². The van der Waals surface area contributed by atoms with Gasteiger partial charge < -0.3 is 10.2 Å². The maximum Gasteiger partial charge on any atom is 0.306 e. The quantitative estimate of drug-likeness (QED) is 0.839. The van der Waals surface area contributed by atoms with Crippen LogP contribution in [0.5, 0.6) is 0 Å². The van der Waals surface area contributed by atoms with Gasteiger partial charge in [0.1, 0.15) is 11.6 Å². The number of carboxylic acid groups (broad SMARTS) is 1. The molecule has 0 spiro atoms. The summed E-state index contributed by atoms with van der Waals surface area (Å²) in [7, 11) is 0. The summed E-state index contributed by atoms with van der Waals surface area (Å²) in [6, 6.07) is 3.34. The average Bonchev–Trinajstić information content (AvgIpc) is 2.38. The van der Waals surface area contributed by atoms with Crippen molar-refractivity contribution in [1.29, 1.82) is 0 Å². The minimum Gasteiger partial charge on any atom is -0.481 e. The van der Waals surface area contributed by atoms with E-state index in [2.05, 4.69) is 0 Å². The first-order chi connectivity index (χ1) is 9.39. The summed E-state index contributed by atoms with van der Waals surface area (Å²) in [5, 5.41) is 19.3. The number of thioether (sulfide) groups is 1. The van der Waals surface area contributed by atoms with Crippen molar-refractivity contribution in [2.45, 2.75) is 36.2 Å².